The minimum atomic E-state index is -0.726. The van der Waals surface area contributed by atoms with Crippen LogP contribution in [0.1, 0.15) is 23.7 Å². The van der Waals surface area contributed by atoms with Crippen molar-refractivity contribution in [2.75, 3.05) is 6.54 Å². The Kier molecular flexibility index (Phi) is 5.08. The number of pyridine rings is 1. The predicted molar refractivity (Wildman–Crippen MR) is 66.3 cm³/mol. The summed E-state index contributed by atoms with van der Waals surface area (Å²) >= 11 is 5.60. The van der Waals surface area contributed by atoms with Crippen LogP contribution in [0.2, 0.25) is 5.15 Å². The molecule has 0 aliphatic heterocycles. The molecule has 0 aromatic carbocycles. The lowest BCUT2D eigenvalue weighted by atomic mass is 10.2. The fraction of sp³-hybridized carbons (Fsp3) is 0.273. The van der Waals surface area contributed by atoms with Crippen molar-refractivity contribution >= 4 is 23.2 Å². The highest BCUT2D eigenvalue weighted by Gasteiger charge is 2.24. The zero-order valence-electron chi connectivity index (χ0n) is 9.57. The average molecular weight is 268 g/mol. The summed E-state index contributed by atoms with van der Waals surface area (Å²) in [7, 11) is 0. The summed E-state index contributed by atoms with van der Waals surface area (Å²) in [6, 6.07) is 1.25. The highest BCUT2D eigenvalue weighted by molar-refractivity contribution is 6.32. The van der Waals surface area contributed by atoms with Gasteiger partial charge in [-0.3, -0.25) is 14.9 Å². The van der Waals surface area contributed by atoms with Gasteiger partial charge in [0.25, 0.3) is 5.91 Å². The summed E-state index contributed by atoms with van der Waals surface area (Å²) in [5.74, 6) is 4.88. The van der Waals surface area contributed by atoms with Crippen LogP contribution in [0.25, 0.3) is 0 Å². The van der Waals surface area contributed by atoms with Gasteiger partial charge in [-0.15, -0.1) is 11.8 Å². The maximum absolute atomic E-state index is 11.7. The summed E-state index contributed by atoms with van der Waals surface area (Å²) in [6.45, 7) is 2.01. The molecule has 0 fully saturated rings. The molecule has 1 heterocycles. The van der Waals surface area contributed by atoms with E-state index in [2.05, 4.69) is 22.1 Å². The number of hydrogen-bond acceptors (Lipinski definition) is 4. The van der Waals surface area contributed by atoms with Gasteiger partial charge in [-0.05, 0) is 13.0 Å². The van der Waals surface area contributed by atoms with Crippen molar-refractivity contribution in [3.63, 3.8) is 0 Å². The fourth-order valence-electron chi connectivity index (χ4n) is 1.24. The number of nitro groups is 1. The van der Waals surface area contributed by atoms with Gasteiger partial charge in [-0.2, -0.15) is 0 Å². The summed E-state index contributed by atoms with van der Waals surface area (Å²) in [5, 5.41) is 13.0. The Morgan fingerprint density at radius 2 is 2.39 bits per heavy atom. The SMILES string of the molecule is CC#CCCNC(=O)c1ccnc(Cl)c1[N+](=O)[O-]. The van der Waals surface area contributed by atoms with Crippen LogP contribution < -0.4 is 5.32 Å². The third-order valence-corrected chi connectivity index (χ3v) is 2.30. The molecule has 0 saturated carbocycles. The summed E-state index contributed by atoms with van der Waals surface area (Å²) in [5.41, 5.74) is -0.595. The van der Waals surface area contributed by atoms with E-state index in [0.717, 1.165) is 0 Å². The number of nitrogens with one attached hydrogen (secondary N) is 1. The Labute approximate surface area is 109 Å². The van der Waals surface area contributed by atoms with E-state index in [9.17, 15) is 14.9 Å². The molecule has 6 nitrogen and oxygen atoms in total. The topological polar surface area (TPSA) is 85.1 Å². The van der Waals surface area contributed by atoms with E-state index >= 15 is 0 Å². The number of nitrogens with zero attached hydrogens (tertiary/aromatic N) is 2. The molecule has 0 spiro atoms. The van der Waals surface area contributed by atoms with E-state index < -0.39 is 16.5 Å². The van der Waals surface area contributed by atoms with Gasteiger partial charge in [0.05, 0.1) is 4.92 Å². The molecule has 7 heteroatoms. The molecule has 0 saturated heterocycles. The number of carbonyl (C=O) groups is 1. The van der Waals surface area contributed by atoms with Crippen molar-refractivity contribution in [1.29, 1.82) is 0 Å². The first kappa shape index (κ1) is 13.9. The van der Waals surface area contributed by atoms with Gasteiger partial charge in [0.1, 0.15) is 5.56 Å². The van der Waals surface area contributed by atoms with Gasteiger partial charge in [0.15, 0.2) is 0 Å². The smallest absolute Gasteiger partial charge is 0.319 e. The van der Waals surface area contributed by atoms with E-state index in [1.165, 1.54) is 12.3 Å². The Morgan fingerprint density at radius 1 is 1.67 bits per heavy atom. The molecule has 0 unspecified atom stereocenters. The summed E-state index contributed by atoms with van der Waals surface area (Å²) in [4.78, 5) is 25.4. The van der Waals surface area contributed by atoms with E-state index in [1.54, 1.807) is 6.92 Å². The minimum absolute atomic E-state index is 0.107. The van der Waals surface area contributed by atoms with Crippen LogP contribution in [-0.2, 0) is 0 Å². The summed E-state index contributed by atoms with van der Waals surface area (Å²) < 4.78 is 0. The third kappa shape index (κ3) is 3.43. The van der Waals surface area contributed by atoms with Crippen LogP contribution in [0.3, 0.4) is 0 Å². The summed E-state index contributed by atoms with van der Waals surface area (Å²) in [6.07, 6.45) is 1.73. The van der Waals surface area contributed by atoms with Crippen LogP contribution in [0.4, 0.5) is 5.69 Å². The molecule has 0 aliphatic carbocycles. The monoisotopic (exact) mass is 267 g/mol. The van der Waals surface area contributed by atoms with Crippen molar-refractivity contribution in [1.82, 2.24) is 10.3 Å². The van der Waals surface area contributed by atoms with Crippen LogP contribution in [0.15, 0.2) is 12.3 Å². The predicted octanol–water partition coefficient (Wildman–Crippen LogP) is 1.79. The van der Waals surface area contributed by atoms with Gasteiger partial charge in [0, 0.05) is 19.2 Å². The van der Waals surface area contributed by atoms with Crippen LogP contribution in [0.5, 0.6) is 0 Å². The van der Waals surface area contributed by atoms with Gasteiger partial charge >= 0.3 is 5.69 Å². The van der Waals surface area contributed by atoms with Gasteiger partial charge in [0.2, 0.25) is 5.15 Å². The van der Waals surface area contributed by atoms with Gasteiger partial charge in [-0.25, -0.2) is 4.98 Å². The quantitative estimate of drug-likeness (QED) is 0.296. The van der Waals surface area contributed by atoms with Gasteiger partial charge < -0.3 is 5.32 Å². The fourth-order valence-corrected chi connectivity index (χ4v) is 1.47. The number of rotatable bonds is 4. The maximum Gasteiger partial charge on any atom is 0.319 e. The standard InChI is InChI=1S/C11H10ClN3O3/c1-2-3-4-6-14-11(16)8-5-7-13-10(12)9(8)15(17)18/h5,7H,4,6H2,1H3,(H,14,16). The maximum atomic E-state index is 11.7. The highest BCUT2D eigenvalue weighted by Crippen LogP contribution is 2.25. The van der Waals surface area contributed by atoms with Crippen LogP contribution in [0, 0.1) is 22.0 Å². The van der Waals surface area contributed by atoms with Gasteiger partial charge in [-0.1, -0.05) is 11.6 Å². The van der Waals surface area contributed by atoms with Crippen molar-refractivity contribution in [2.24, 2.45) is 0 Å². The number of hydrogen-bond donors (Lipinski definition) is 1. The first-order valence-corrected chi connectivity index (χ1v) is 5.42. The highest BCUT2D eigenvalue weighted by atomic mass is 35.5. The molecule has 0 atom stereocenters. The first-order valence-electron chi connectivity index (χ1n) is 5.04. The second-order valence-electron chi connectivity index (χ2n) is 3.19. The molecule has 18 heavy (non-hydrogen) atoms. The molecule has 94 valence electrons. The van der Waals surface area contributed by atoms with Crippen LogP contribution in [-0.4, -0.2) is 22.4 Å². The van der Waals surface area contributed by atoms with E-state index in [1.807, 2.05) is 0 Å². The largest absolute Gasteiger partial charge is 0.351 e. The molecule has 1 aromatic rings. The average Bonchev–Trinajstić information content (AvgIpc) is 2.33. The Bertz CT molecular complexity index is 534. The number of carbonyl (C=O) groups excluding carboxylic acids is 1. The first-order chi connectivity index (χ1) is 8.57. The molecule has 1 amide bonds. The lowest BCUT2D eigenvalue weighted by Gasteiger charge is -2.04. The van der Waals surface area contributed by atoms with E-state index in [-0.39, 0.29) is 10.7 Å². The van der Waals surface area contributed by atoms with E-state index in [4.69, 9.17) is 11.6 Å². The Hall–Kier alpha value is -2.13. The third-order valence-electron chi connectivity index (χ3n) is 2.02. The molecule has 0 radical (unpaired) electrons. The Balaban J connectivity index is 2.88. The zero-order valence-corrected chi connectivity index (χ0v) is 10.3. The molecule has 1 N–H and O–H groups in total. The van der Waals surface area contributed by atoms with Crippen molar-refractivity contribution < 1.29 is 9.72 Å². The number of halogens is 1. The number of amides is 1. The zero-order chi connectivity index (χ0) is 13.5. The molecule has 1 rings (SSSR count). The normalized spacial score (nSPS) is 9.22. The minimum Gasteiger partial charge on any atom is -0.351 e. The second kappa shape index (κ2) is 6.57. The second-order valence-corrected chi connectivity index (χ2v) is 3.55. The molecular formula is C11H10ClN3O3. The molecular weight excluding hydrogens is 258 g/mol. The van der Waals surface area contributed by atoms with Crippen LogP contribution >= 0.6 is 11.6 Å². The van der Waals surface area contributed by atoms with E-state index in [0.29, 0.717) is 13.0 Å². The van der Waals surface area contributed by atoms with Crippen molar-refractivity contribution in [3.05, 3.63) is 33.1 Å². The van der Waals surface area contributed by atoms with Crippen molar-refractivity contribution in [2.45, 2.75) is 13.3 Å². The van der Waals surface area contributed by atoms with Crippen molar-refractivity contribution in [3.8, 4) is 11.8 Å². The lowest BCUT2D eigenvalue weighted by Crippen LogP contribution is -2.25. The molecule has 1 aromatic heterocycles. The molecule has 0 aliphatic rings. The molecule has 0 bridgehead atoms. The lowest BCUT2D eigenvalue weighted by molar-refractivity contribution is -0.385. The number of aromatic nitrogens is 1. The Morgan fingerprint density at radius 3 is 3.00 bits per heavy atom.